The van der Waals surface area contributed by atoms with Gasteiger partial charge in [-0.2, -0.15) is 0 Å². The molecule has 4 atom stereocenters. The Bertz CT molecular complexity index is 408. The summed E-state index contributed by atoms with van der Waals surface area (Å²) in [6, 6.07) is 0. The summed E-state index contributed by atoms with van der Waals surface area (Å²) in [4.78, 5) is 22.3. The van der Waals surface area contributed by atoms with E-state index in [0.717, 1.165) is 0 Å². The summed E-state index contributed by atoms with van der Waals surface area (Å²) in [5.74, 6) is -0.860. The number of rotatable bonds is 3. The molecular formula is C12H18O9. The van der Waals surface area contributed by atoms with Crippen molar-refractivity contribution in [3.05, 3.63) is 0 Å². The van der Waals surface area contributed by atoms with Gasteiger partial charge in [0, 0.05) is 0 Å². The molecular weight excluding hydrogens is 288 g/mol. The number of hydrogen-bond donors (Lipinski definition) is 0. The van der Waals surface area contributed by atoms with Crippen molar-refractivity contribution in [3.8, 4) is 0 Å². The smallest absolute Gasteiger partial charge is 0.438 e. The van der Waals surface area contributed by atoms with Crippen LogP contribution in [0.3, 0.4) is 0 Å². The van der Waals surface area contributed by atoms with Crippen LogP contribution in [0.25, 0.3) is 0 Å². The molecule has 2 aliphatic heterocycles. The molecule has 9 nitrogen and oxygen atoms in total. The molecule has 0 aromatic heterocycles. The summed E-state index contributed by atoms with van der Waals surface area (Å²) in [6.45, 7) is 3.25. The van der Waals surface area contributed by atoms with Crippen LogP contribution in [-0.4, -0.2) is 63.5 Å². The van der Waals surface area contributed by atoms with E-state index in [9.17, 15) is 9.59 Å². The molecule has 0 aliphatic carbocycles. The largest absolute Gasteiger partial charge is 0.508 e. The number of methoxy groups -OCH3 is 2. The summed E-state index contributed by atoms with van der Waals surface area (Å²) in [5.41, 5.74) is 0. The quantitative estimate of drug-likeness (QED) is 0.701. The highest BCUT2D eigenvalue weighted by molar-refractivity contribution is 5.60. The number of hydrogen-bond acceptors (Lipinski definition) is 9. The van der Waals surface area contributed by atoms with Gasteiger partial charge in [0.15, 0.2) is 24.3 Å². The molecule has 0 bridgehead atoms. The Labute approximate surface area is 121 Å². The van der Waals surface area contributed by atoms with Gasteiger partial charge in [-0.05, 0) is 13.8 Å². The average Bonchev–Trinajstić information content (AvgIpc) is 2.89. The fraction of sp³-hybridized carbons (Fsp3) is 0.833. The molecule has 2 heterocycles. The van der Waals surface area contributed by atoms with Crippen molar-refractivity contribution in [2.45, 2.75) is 44.2 Å². The van der Waals surface area contributed by atoms with E-state index >= 15 is 0 Å². The van der Waals surface area contributed by atoms with Crippen LogP contribution < -0.4 is 0 Å². The van der Waals surface area contributed by atoms with Gasteiger partial charge in [-0.3, -0.25) is 0 Å². The van der Waals surface area contributed by atoms with Crippen molar-refractivity contribution < 1.29 is 42.7 Å². The highest BCUT2D eigenvalue weighted by atomic mass is 16.9. The van der Waals surface area contributed by atoms with Gasteiger partial charge in [-0.15, -0.1) is 0 Å². The van der Waals surface area contributed by atoms with E-state index < -0.39 is 42.7 Å². The second-order valence-corrected chi connectivity index (χ2v) is 4.94. The Morgan fingerprint density at radius 3 is 2.38 bits per heavy atom. The molecule has 120 valence electrons. The normalized spacial score (nSPS) is 33.1. The first kappa shape index (κ1) is 15.8. The molecule has 2 fully saturated rings. The highest BCUT2D eigenvalue weighted by Gasteiger charge is 2.57. The molecule has 0 aromatic rings. The lowest BCUT2D eigenvalue weighted by atomic mass is 10.1. The van der Waals surface area contributed by atoms with Gasteiger partial charge in [0.25, 0.3) is 0 Å². The molecule has 9 heteroatoms. The fourth-order valence-electron chi connectivity index (χ4n) is 2.19. The molecule has 0 spiro atoms. The third kappa shape index (κ3) is 3.55. The molecule has 0 aromatic carbocycles. The molecule has 0 amide bonds. The number of carbonyl (C=O) groups excluding carboxylic acids is 2. The molecule has 2 aliphatic rings. The zero-order chi connectivity index (χ0) is 15.6. The van der Waals surface area contributed by atoms with E-state index in [1.54, 1.807) is 13.8 Å². The predicted octanol–water partition coefficient (Wildman–Crippen LogP) is 0.797. The van der Waals surface area contributed by atoms with Gasteiger partial charge in [-0.1, -0.05) is 0 Å². The third-order valence-corrected chi connectivity index (χ3v) is 3.02. The first-order chi connectivity index (χ1) is 9.86. The molecule has 0 saturated carbocycles. The minimum absolute atomic E-state index is 0.172. The van der Waals surface area contributed by atoms with Gasteiger partial charge in [0.1, 0.15) is 12.7 Å². The lowest BCUT2D eigenvalue weighted by Crippen LogP contribution is -2.40. The molecule has 0 unspecified atom stereocenters. The van der Waals surface area contributed by atoms with E-state index in [1.165, 1.54) is 14.2 Å². The lowest BCUT2D eigenvalue weighted by molar-refractivity contribution is -0.219. The van der Waals surface area contributed by atoms with E-state index in [4.69, 9.17) is 23.7 Å². The maximum Gasteiger partial charge on any atom is 0.508 e. The second-order valence-electron chi connectivity index (χ2n) is 4.94. The minimum atomic E-state index is -0.888. The molecule has 2 saturated heterocycles. The van der Waals surface area contributed by atoms with Crippen molar-refractivity contribution in [2.75, 3.05) is 20.8 Å². The van der Waals surface area contributed by atoms with Gasteiger partial charge in [0.05, 0.1) is 14.2 Å². The number of carbonyl (C=O) groups is 2. The SMILES string of the molecule is COC(=O)OC[C@H]1O[C@@H]2OC(C)(C)O[C@@H]2[C@@H]1OC(=O)OC. The minimum Gasteiger partial charge on any atom is -0.438 e. The summed E-state index contributed by atoms with van der Waals surface area (Å²) in [6.07, 6.45) is -4.68. The predicted molar refractivity (Wildman–Crippen MR) is 64.3 cm³/mol. The van der Waals surface area contributed by atoms with Crippen molar-refractivity contribution in [2.24, 2.45) is 0 Å². The second kappa shape index (κ2) is 6.04. The summed E-state index contributed by atoms with van der Waals surface area (Å²) in [5, 5.41) is 0. The first-order valence-electron chi connectivity index (χ1n) is 6.32. The van der Waals surface area contributed by atoms with E-state index in [1.807, 2.05) is 0 Å². The first-order valence-corrected chi connectivity index (χ1v) is 6.32. The van der Waals surface area contributed by atoms with E-state index in [2.05, 4.69) is 9.47 Å². The van der Waals surface area contributed by atoms with Gasteiger partial charge >= 0.3 is 12.3 Å². The maximum atomic E-state index is 11.3. The van der Waals surface area contributed by atoms with Crippen molar-refractivity contribution in [1.82, 2.24) is 0 Å². The van der Waals surface area contributed by atoms with Crippen LogP contribution in [0.1, 0.15) is 13.8 Å². The molecule has 21 heavy (non-hydrogen) atoms. The van der Waals surface area contributed by atoms with Crippen LogP contribution in [-0.2, 0) is 33.2 Å². The number of fused-ring (bicyclic) bond motifs is 1. The summed E-state index contributed by atoms with van der Waals surface area (Å²) < 4.78 is 35.5. The highest BCUT2D eigenvalue weighted by Crippen LogP contribution is 2.38. The Hall–Kier alpha value is -1.58. The van der Waals surface area contributed by atoms with Crippen molar-refractivity contribution in [3.63, 3.8) is 0 Å². The van der Waals surface area contributed by atoms with Gasteiger partial charge < -0.3 is 33.2 Å². The summed E-state index contributed by atoms with van der Waals surface area (Å²) >= 11 is 0. The Morgan fingerprint density at radius 1 is 1.10 bits per heavy atom. The standard InChI is InChI=1S/C12H18O9/c1-12(2)20-8-7(19-11(14)16-4)6(18-9(8)21-12)5-17-10(13)15-3/h6-9H,5H2,1-4H3/t6-,7-,8-,9-/m1/s1. The Balaban J connectivity index is 2.03. The lowest BCUT2D eigenvalue weighted by Gasteiger charge is -2.24. The van der Waals surface area contributed by atoms with Crippen LogP contribution in [0.15, 0.2) is 0 Å². The summed E-state index contributed by atoms with van der Waals surface area (Å²) in [7, 11) is 2.37. The Kier molecular flexibility index (Phi) is 4.55. The number of ether oxygens (including phenoxy) is 7. The third-order valence-electron chi connectivity index (χ3n) is 3.02. The monoisotopic (exact) mass is 306 g/mol. The van der Waals surface area contributed by atoms with Gasteiger partial charge in [-0.25, -0.2) is 9.59 Å². The van der Waals surface area contributed by atoms with Gasteiger partial charge in [0.2, 0.25) is 0 Å². The van der Waals surface area contributed by atoms with Crippen LogP contribution in [0.2, 0.25) is 0 Å². The average molecular weight is 306 g/mol. The zero-order valence-electron chi connectivity index (χ0n) is 12.2. The molecule has 0 N–H and O–H groups in total. The van der Waals surface area contributed by atoms with Crippen LogP contribution in [0, 0.1) is 0 Å². The topological polar surface area (TPSA) is 98.8 Å². The van der Waals surface area contributed by atoms with Crippen molar-refractivity contribution >= 4 is 12.3 Å². The van der Waals surface area contributed by atoms with Crippen LogP contribution in [0.4, 0.5) is 9.59 Å². The molecule has 0 radical (unpaired) electrons. The zero-order valence-corrected chi connectivity index (χ0v) is 12.2. The van der Waals surface area contributed by atoms with Crippen LogP contribution >= 0.6 is 0 Å². The molecule has 2 rings (SSSR count). The van der Waals surface area contributed by atoms with Crippen LogP contribution in [0.5, 0.6) is 0 Å². The van der Waals surface area contributed by atoms with E-state index in [0.29, 0.717) is 0 Å². The maximum absolute atomic E-state index is 11.3. The fourth-order valence-corrected chi connectivity index (χ4v) is 2.19. The Morgan fingerprint density at radius 2 is 1.76 bits per heavy atom. The van der Waals surface area contributed by atoms with Crippen molar-refractivity contribution in [1.29, 1.82) is 0 Å². The van der Waals surface area contributed by atoms with E-state index in [-0.39, 0.29) is 6.61 Å².